The van der Waals surface area contributed by atoms with Gasteiger partial charge in [0.05, 0.1) is 5.75 Å². The van der Waals surface area contributed by atoms with Gasteiger partial charge < -0.3 is 14.7 Å². The number of hydrogen-bond donors (Lipinski definition) is 0. The van der Waals surface area contributed by atoms with Gasteiger partial charge in [0.1, 0.15) is 7.32 Å². The first-order valence-corrected chi connectivity index (χ1v) is 3.65. The molecular formula is C8H9BLi2O3. The van der Waals surface area contributed by atoms with Crippen molar-refractivity contribution in [2.75, 3.05) is 0 Å². The topological polar surface area (TPSA) is 55.3 Å². The molecule has 0 aliphatic heterocycles. The van der Waals surface area contributed by atoms with Gasteiger partial charge in [-0.1, -0.05) is 17.7 Å². The molecule has 0 atom stereocenters. The zero-order valence-electron chi connectivity index (χ0n) is 9.03. The van der Waals surface area contributed by atoms with Gasteiger partial charge >= 0.3 is 37.7 Å². The van der Waals surface area contributed by atoms with Crippen LogP contribution in [0.4, 0.5) is 0 Å². The summed E-state index contributed by atoms with van der Waals surface area (Å²) in [6, 6.07) is 5.29. The van der Waals surface area contributed by atoms with E-state index in [1.807, 2.05) is 13.0 Å². The minimum Gasteiger partial charge on any atom is -0.860 e. The standard InChI is InChI=1S/C8H9BO3.2Li/c1-6-3-4-8(7(2)5-6)12-9(10)11;;/h3-5H,1-2H3;;/q-2;2*+1. The maximum atomic E-state index is 10.2. The molecule has 0 saturated carbocycles. The maximum absolute atomic E-state index is 10.2. The van der Waals surface area contributed by atoms with Gasteiger partial charge in [-0.15, -0.1) is 0 Å². The van der Waals surface area contributed by atoms with E-state index in [2.05, 4.69) is 4.65 Å². The van der Waals surface area contributed by atoms with Crippen LogP contribution < -0.4 is 52.4 Å². The van der Waals surface area contributed by atoms with Crippen molar-refractivity contribution in [2.24, 2.45) is 0 Å². The summed E-state index contributed by atoms with van der Waals surface area (Å²) in [4.78, 5) is 0. The van der Waals surface area contributed by atoms with Crippen LogP contribution in [0.2, 0.25) is 0 Å². The van der Waals surface area contributed by atoms with Gasteiger partial charge in [-0.2, -0.15) is 0 Å². The van der Waals surface area contributed by atoms with Gasteiger partial charge in [0.15, 0.2) is 0 Å². The predicted octanol–water partition coefficient (Wildman–Crippen LogP) is -6.60. The Morgan fingerprint density at radius 1 is 1.14 bits per heavy atom. The summed E-state index contributed by atoms with van der Waals surface area (Å²) in [6.45, 7) is 3.73. The molecule has 64 valence electrons. The second-order valence-electron chi connectivity index (χ2n) is 2.68. The van der Waals surface area contributed by atoms with Crippen molar-refractivity contribution in [3.05, 3.63) is 29.3 Å². The SMILES string of the molecule is Cc1ccc(OB([O-])[O-])c(C)c1.[Li+].[Li+]. The van der Waals surface area contributed by atoms with Crippen LogP contribution in [0.1, 0.15) is 11.1 Å². The van der Waals surface area contributed by atoms with Crippen molar-refractivity contribution in [2.45, 2.75) is 13.8 Å². The van der Waals surface area contributed by atoms with E-state index in [4.69, 9.17) is 0 Å². The first kappa shape index (κ1) is 16.6. The number of hydrogen-bond acceptors (Lipinski definition) is 3. The predicted molar refractivity (Wildman–Crippen MR) is 42.3 cm³/mol. The molecule has 0 aliphatic carbocycles. The molecule has 0 unspecified atom stereocenters. The molecule has 6 heteroatoms. The summed E-state index contributed by atoms with van der Waals surface area (Å²) in [5, 5.41) is 20.3. The van der Waals surface area contributed by atoms with Crippen molar-refractivity contribution in [1.29, 1.82) is 0 Å². The Labute approximate surface area is 108 Å². The van der Waals surface area contributed by atoms with E-state index in [9.17, 15) is 10.0 Å². The van der Waals surface area contributed by atoms with Gasteiger partial charge in [-0.25, -0.2) is 0 Å². The Morgan fingerprint density at radius 2 is 1.71 bits per heavy atom. The third kappa shape index (κ3) is 5.17. The van der Waals surface area contributed by atoms with Gasteiger partial charge in [-0.3, -0.25) is 0 Å². The zero-order valence-corrected chi connectivity index (χ0v) is 9.03. The van der Waals surface area contributed by atoms with E-state index in [1.54, 1.807) is 19.1 Å². The maximum Gasteiger partial charge on any atom is 1.00 e. The van der Waals surface area contributed by atoms with E-state index in [0.29, 0.717) is 5.75 Å². The smallest absolute Gasteiger partial charge is 0.860 e. The molecular weight excluding hydrogens is 169 g/mol. The fourth-order valence-electron chi connectivity index (χ4n) is 1.04. The molecule has 14 heavy (non-hydrogen) atoms. The van der Waals surface area contributed by atoms with Crippen LogP contribution in [0.25, 0.3) is 0 Å². The van der Waals surface area contributed by atoms with Crippen LogP contribution in [0.3, 0.4) is 0 Å². The van der Waals surface area contributed by atoms with E-state index >= 15 is 0 Å². The van der Waals surface area contributed by atoms with Gasteiger partial charge in [0.2, 0.25) is 0 Å². The van der Waals surface area contributed by atoms with Crippen LogP contribution in [0, 0.1) is 13.8 Å². The summed E-state index contributed by atoms with van der Waals surface area (Å²) < 4.78 is 4.49. The molecule has 0 radical (unpaired) electrons. The summed E-state index contributed by atoms with van der Waals surface area (Å²) >= 11 is 0. The number of rotatable bonds is 2. The van der Waals surface area contributed by atoms with Crippen molar-refractivity contribution in [3.63, 3.8) is 0 Å². The van der Waals surface area contributed by atoms with Crippen molar-refractivity contribution >= 4 is 7.32 Å². The number of benzene rings is 1. The largest absolute Gasteiger partial charge is 1.00 e. The molecule has 0 N–H and O–H groups in total. The van der Waals surface area contributed by atoms with Gasteiger partial charge in [-0.05, 0) is 25.5 Å². The van der Waals surface area contributed by atoms with Crippen LogP contribution >= 0.6 is 0 Å². The Bertz CT molecular complexity index is 281. The molecule has 0 spiro atoms. The van der Waals surface area contributed by atoms with Gasteiger partial charge in [0.25, 0.3) is 0 Å². The molecule has 1 aromatic rings. The second kappa shape index (κ2) is 7.49. The molecule has 0 saturated heterocycles. The third-order valence-corrected chi connectivity index (χ3v) is 1.55. The Kier molecular flexibility index (Phi) is 8.89. The van der Waals surface area contributed by atoms with Gasteiger partial charge in [0, 0.05) is 0 Å². The Hall–Kier alpha value is 0.200. The first-order chi connectivity index (χ1) is 5.59. The monoisotopic (exact) mass is 178 g/mol. The second-order valence-corrected chi connectivity index (χ2v) is 2.68. The van der Waals surface area contributed by atoms with E-state index < -0.39 is 7.32 Å². The fourth-order valence-corrected chi connectivity index (χ4v) is 1.04. The fraction of sp³-hybridized carbons (Fsp3) is 0.250. The van der Waals surface area contributed by atoms with Crippen LogP contribution in [0.15, 0.2) is 18.2 Å². The zero-order chi connectivity index (χ0) is 9.14. The average molecular weight is 178 g/mol. The summed E-state index contributed by atoms with van der Waals surface area (Å²) in [5.74, 6) is 0.371. The Morgan fingerprint density at radius 3 is 2.14 bits per heavy atom. The summed E-state index contributed by atoms with van der Waals surface area (Å²) in [7, 11) is -2.24. The van der Waals surface area contributed by atoms with E-state index in [1.165, 1.54) is 0 Å². The van der Waals surface area contributed by atoms with Crippen molar-refractivity contribution in [3.8, 4) is 5.75 Å². The first-order valence-electron chi connectivity index (χ1n) is 3.65. The normalized spacial score (nSPS) is 8.29. The summed E-state index contributed by atoms with van der Waals surface area (Å²) in [5.41, 5.74) is 1.89. The van der Waals surface area contributed by atoms with E-state index in [-0.39, 0.29) is 37.7 Å². The summed E-state index contributed by atoms with van der Waals surface area (Å²) in [6.07, 6.45) is 0. The molecule has 0 bridgehead atoms. The molecule has 3 nitrogen and oxygen atoms in total. The minimum atomic E-state index is -2.24. The Balaban J connectivity index is 0. The average Bonchev–Trinajstić information content (AvgIpc) is 1.94. The number of aryl methyl sites for hydroxylation is 2. The van der Waals surface area contributed by atoms with E-state index in [0.717, 1.165) is 11.1 Å². The van der Waals surface area contributed by atoms with Crippen molar-refractivity contribution in [1.82, 2.24) is 0 Å². The molecule has 0 heterocycles. The molecule has 0 amide bonds. The molecule has 0 aromatic heterocycles. The molecule has 0 aliphatic rings. The minimum absolute atomic E-state index is 0. The van der Waals surface area contributed by atoms with Crippen LogP contribution in [0.5, 0.6) is 5.75 Å². The molecule has 1 rings (SSSR count). The van der Waals surface area contributed by atoms with Crippen LogP contribution in [-0.2, 0) is 0 Å². The quantitative estimate of drug-likeness (QED) is 0.423. The van der Waals surface area contributed by atoms with Crippen LogP contribution in [-0.4, -0.2) is 7.32 Å². The molecule has 1 aromatic carbocycles. The molecule has 0 fully saturated rings. The van der Waals surface area contributed by atoms with Crippen molar-refractivity contribution < 1.29 is 52.4 Å². The third-order valence-electron chi connectivity index (χ3n) is 1.55.